The molecule has 0 radical (unpaired) electrons. The van der Waals surface area contributed by atoms with Crippen molar-refractivity contribution in [1.29, 1.82) is 5.26 Å². The quantitative estimate of drug-likeness (QED) is 0.741. The van der Waals surface area contributed by atoms with E-state index in [0.717, 1.165) is 4.90 Å². The highest BCUT2D eigenvalue weighted by Gasteiger charge is 2.44. The van der Waals surface area contributed by atoms with Crippen molar-refractivity contribution in [2.24, 2.45) is 0 Å². The topological polar surface area (TPSA) is 136 Å². The van der Waals surface area contributed by atoms with E-state index in [1.807, 2.05) is 6.07 Å². The summed E-state index contributed by atoms with van der Waals surface area (Å²) in [4.78, 5) is 62.2. The molecule has 1 fully saturated rings. The average molecular weight is 402 g/mol. The molecule has 30 heavy (non-hydrogen) atoms. The number of hydrogen-bond donors (Lipinski definition) is 2. The SMILES string of the molecule is N#Cc1cccc(C(=O)Nc2ccc3c(c2)C(=O)N(C2CCC(=O)NC2=O)C3=O)c1. The van der Waals surface area contributed by atoms with Crippen molar-refractivity contribution in [3.63, 3.8) is 0 Å². The number of carbonyl (C=O) groups is 5. The fraction of sp³-hybridized carbons (Fsp3) is 0.143. The van der Waals surface area contributed by atoms with Crippen LogP contribution in [-0.2, 0) is 9.59 Å². The largest absolute Gasteiger partial charge is 0.322 e. The summed E-state index contributed by atoms with van der Waals surface area (Å²) in [5.41, 5.74) is 1.06. The third-order valence-corrected chi connectivity index (χ3v) is 4.95. The molecule has 0 spiro atoms. The van der Waals surface area contributed by atoms with Gasteiger partial charge in [0.2, 0.25) is 11.8 Å². The van der Waals surface area contributed by atoms with Gasteiger partial charge in [-0.3, -0.25) is 34.2 Å². The molecule has 0 bridgehead atoms. The van der Waals surface area contributed by atoms with Gasteiger partial charge in [-0.1, -0.05) is 6.07 Å². The Hall–Kier alpha value is -4.32. The van der Waals surface area contributed by atoms with Crippen molar-refractivity contribution >= 4 is 35.2 Å². The molecule has 1 unspecified atom stereocenters. The van der Waals surface area contributed by atoms with Crippen LogP contribution in [0.2, 0.25) is 0 Å². The smallest absolute Gasteiger partial charge is 0.262 e. The number of benzene rings is 2. The van der Waals surface area contributed by atoms with Crippen LogP contribution in [0.25, 0.3) is 0 Å². The maximum atomic E-state index is 12.8. The van der Waals surface area contributed by atoms with Crippen molar-refractivity contribution in [2.75, 3.05) is 5.32 Å². The van der Waals surface area contributed by atoms with Gasteiger partial charge in [0.25, 0.3) is 17.7 Å². The van der Waals surface area contributed by atoms with Gasteiger partial charge in [0.15, 0.2) is 0 Å². The summed E-state index contributed by atoms with van der Waals surface area (Å²) < 4.78 is 0. The zero-order valence-electron chi connectivity index (χ0n) is 15.5. The molecule has 1 atom stereocenters. The van der Waals surface area contributed by atoms with E-state index in [2.05, 4.69) is 10.6 Å². The van der Waals surface area contributed by atoms with E-state index in [1.165, 1.54) is 24.3 Å². The molecule has 2 aliphatic heterocycles. The number of piperidine rings is 1. The lowest BCUT2D eigenvalue weighted by Crippen LogP contribution is -2.54. The van der Waals surface area contributed by atoms with Crippen LogP contribution in [0.4, 0.5) is 5.69 Å². The molecule has 5 amide bonds. The van der Waals surface area contributed by atoms with Crippen LogP contribution in [0.1, 0.15) is 49.5 Å². The van der Waals surface area contributed by atoms with Crippen molar-refractivity contribution in [3.8, 4) is 6.07 Å². The van der Waals surface area contributed by atoms with Gasteiger partial charge in [-0.15, -0.1) is 0 Å². The predicted molar refractivity (Wildman–Crippen MR) is 102 cm³/mol. The van der Waals surface area contributed by atoms with Crippen LogP contribution >= 0.6 is 0 Å². The molecular weight excluding hydrogens is 388 g/mol. The second-order valence-corrected chi connectivity index (χ2v) is 6.85. The minimum Gasteiger partial charge on any atom is -0.322 e. The number of fused-ring (bicyclic) bond motifs is 1. The highest BCUT2D eigenvalue weighted by molar-refractivity contribution is 6.24. The number of anilines is 1. The number of amides is 5. The normalized spacial score (nSPS) is 18.0. The molecule has 4 rings (SSSR count). The van der Waals surface area contributed by atoms with Crippen LogP contribution < -0.4 is 10.6 Å². The summed E-state index contributed by atoms with van der Waals surface area (Å²) in [6.07, 6.45) is 0.0990. The summed E-state index contributed by atoms with van der Waals surface area (Å²) in [7, 11) is 0. The first-order valence-corrected chi connectivity index (χ1v) is 9.06. The number of carbonyl (C=O) groups excluding carboxylic acids is 5. The molecule has 9 heteroatoms. The third-order valence-electron chi connectivity index (χ3n) is 4.95. The summed E-state index contributed by atoms with van der Waals surface area (Å²) in [5, 5.41) is 13.7. The first kappa shape index (κ1) is 19.0. The molecule has 2 heterocycles. The number of rotatable bonds is 3. The lowest BCUT2D eigenvalue weighted by molar-refractivity contribution is -0.136. The second-order valence-electron chi connectivity index (χ2n) is 6.85. The summed E-state index contributed by atoms with van der Waals surface area (Å²) in [5.74, 6) is -2.90. The molecule has 0 aliphatic carbocycles. The van der Waals surface area contributed by atoms with Crippen LogP contribution in [0.3, 0.4) is 0 Å². The molecule has 148 valence electrons. The van der Waals surface area contributed by atoms with Crippen LogP contribution in [0.15, 0.2) is 42.5 Å². The Morgan fingerprint density at radius 1 is 1.07 bits per heavy atom. The average Bonchev–Trinajstić information content (AvgIpc) is 2.98. The van der Waals surface area contributed by atoms with E-state index >= 15 is 0 Å². The Kier molecular flexibility index (Phi) is 4.60. The van der Waals surface area contributed by atoms with E-state index in [1.54, 1.807) is 18.2 Å². The van der Waals surface area contributed by atoms with E-state index < -0.39 is 35.6 Å². The molecule has 0 aromatic heterocycles. The van der Waals surface area contributed by atoms with Gasteiger partial charge in [0.05, 0.1) is 22.8 Å². The summed E-state index contributed by atoms with van der Waals surface area (Å²) >= 11 is 0. The lowest BCUT2D eigenvalue weighted by atomic mass is 10.0. The fourth-order valence-corrected chi connectivity index (χ4v) is 3.48. The van der Waals surface area contributed by atoms with Gasteiger partial charge >= 0.3 is 0 Å². The van der Waals surface area contributed by atoms with Crippen LogP contribution in [0.5, 0.6) is 0 Å². The Bertz CT molecular complexity index is 1180. The maximum absolute atomic E-state index is 12.8. The van der Waals surface area contributed by atoms with Gasteiger partial charge in [-0.2, -0.15) is 5.26 Å². The monoisotopic (exact) mass is 402 g/mol. The summed E-state index contributed by atoms with van der Waals surface area (Å²) in [6, 6.07) is 11.3. The third kappa shape index (κ3) is 3.20. The van der Waals surface area contributed by atoms with Crippen molar-refractivity contribution < 1.29 is 24.0 Å². The van der Waals surface area contributed by atoms with Crippen LogP contribution in [-0.4, -0.2) is 40.5 Å². The van der Waals surface area contributed by atoms with Gasteiger partial charge in [0.1, 0.15) is 6.04 Å². The van der Waals surface area contributed by atoms with Gasteiger partial charge < -0.3 is 5.32 Å². The molecular formula is C21H14N4O5. The maximum Gasteiger partial charge on any atom is 0.262 e. The minimum atomic E-state index is -1.05. The van der Waals surface area contributed by atoms with E-state index in [9.17, 15) is 24.0 Å². The Morgan fingerprint density at radius 3 is 2.57 bits per heavy atom. The zero-order valence-corrected chi connectivity index (χ0v) is 15.5. The lowest BCUT2D eigenvalue weighted by Gasteiger charge is -2.27. The number of hydrogen-bond acceptors (Lipinski definition) is 6. The zero-order chi connectivity index (χ0) is 21.4. The van der Waals surface area contributed by atoms with Crippen LogP contribution in [0, 0.1) is 11.3 Å². The number of imide groups is 2. The highest BCUT2D eigenvalue weighted by Crippen LogP contribution is 2.29. The molecule has 2 aromatic carbocycles. The summed E-state index contributed by atoms with van der Waals surface area (Å²) in [6.45, 7) is 0. The Labute approximate surface area is 170 Å². The van der Waals surface area contributed by atoms with Crippen molar-refractivity contribution in [2.45, 2.75) is 18.9 Å². The minimum absolute atomic E-state index is 0.0346. The van der Waals surface area contributed by atoms with Crippen molar-refractivity contribution in [1.82, 2.24) is 10.2 Å². The standard InChI is InChI=1S/C21H14N4O5/c22-10-11-2-1-3-12(8-11)18(27)23-13-4-5-14-15(9-13)21(30)25(20(14)29)16-6-7-17(26)24-19(16)28/h1-5,8-9,16H,6-7H2,(H,23,27)(H,24,26,28). The molecule has 2 aromatic rings. The van der Waals surface area contributed by atoms with Gasteiger partial charge in [-0.25, -0.2) is 0 Å². The Morgan fingerprint density at radius 2 is 1.83 bits per heavy atom. The number of nitrogens with one attached hydrogen (secondary N) is 2. The molecule has 2 N–H and O–H groups in total. The predicted octanol–water partition coefficient (Wildman–Crippen LogP) is 1.21. The number of nitriles is 1. The molecule has 9 nitrogen and oxygen atoms in total. The first-order valence-electron chi connectivity index (χ1n) is 9.06. The highest BCUT2D eigenvalue weighted by atomic mass is 16.2. The van der Waals surface area contributed by atoms with Gasteiger partial charge in [-0.05, 0) is 42.8 Å². The second kappa shape index (κ2) is 7.25. The molecule has 0 saturated carbocycles. The molecule has 2 aliphatic rings. The van der Waals surface area contributed by atoms with E-state index in [4.69, 9.17) is 5.26 Å². The number of nitrogens with zero attached hydrogens (tertiary/aromatic N) is 2. The fourth-order valence-electron chi connectivity index (χ4n) is 3.48. The molecule has 1 saturated heterocycles. The van der Waals surface area contributed by atoms with Gasteiger partial charge in [0, 0.05) is 17.7 Å². The first-order chi connectivity index (χ1) is 14.4. The van der Waals surface area contributed by atoms with Crippen molar-refractivity contribution in [3.05, 3.63) is 64.7 Å². The Balaban J connectivity index is 1.57. The van der Waals surface area contributed by atoms with E-state index in [0.29, 0.717) is 5.56 Å². The van der Waals surface area contributed by atoms with E-state index in [-0.39, 0.29) is 35.2 Å².